The van der Waals surface area contributed by atoms with E-state index in [9.17, 15) is 24.0 Å². The zero-order valence-electron chi connectivity index (χ0n) is 17.6. The molecule has 1 unspecified atom stereocenters. The lowest BCUT2D eigenvalue weighted by Gasteiger charge is -2.34. The molecule has 10 nitrogen and oxygen atoms in total. The summed E-state index contributed by atoms with van der Waals surface area (Å²) in [5, 5.41) is 0. The first-order valence-corrected chi connectivity index (χ1v) is 10.4. The van der Waals surface area contributed by atoms with Gasteiger partial charge in [-0.3, -0.25) is 28.9 Å². The summed E-state index contributed by atoms with van der Waals surface area (Å²) in [6, 6.07) is 11.4. The van der Waals surface area contributed by atoms with E-state index in [1.807, 2.05) is 30.3 Å². The van der Waals surface area contributed by atoms with Crippen LogP contribution in [0.3, 0.4) is 0 Å². The van der Waals surface area contributed by atoms with Crippen LogP contribution >= 0.6 is 0 Å². The number of likely N-dealkylation sites (tertiary alicyclic amines) is 1. The number of ether oxygens (including phenoxy) is 1. The van der Waals surface area contributed by atoms with Crippen molar-refractivity contribution in [3.05, 3.63) is 65.2 Å². The number of nitrogen functional groups attached to an aromatic ring is 1. The quantitative estimate of drug-likeness (QED) is 0.365. The fourth-order valence-electron chi connectivity index (χ4n) is 4.00. The van der Waals surface area contributed by atoms with Gasteiger partial charge in [-0.15, -0.1) is 0 Å². The average molecular weight is 450 g/mol. The van der Waals surface area contributed by atoms with Crippen LogP contribution in [0.2, 0.25) is 0 Å². The Hall–Kier alpha value is -4.05. The maximum atomic E-state index is 13.0. The van der Waals surface area contributed by atoms with Gasteiger partial charge >= 0.3 is 5.97 Å². The Morgan fingerprint density at radius 1 is 1.03 bits per heavy atom. The van der Waals surface area contributed by atoms with Gasteiger partial charge in [-0.05, 0) is 30.5 Å². The van der Waals surface area contributed by atoms with E-state index >= 15 is 0 Å². The Morgan fingerprint density at radius 2 is 1.76 bits per heavy atom. The number of carbonyl (C=O) groups is 5. The highest BCUT2D eigenvalue weighted by Crippen LogP contribution is 2.32. The molecule has 1 saturated heterocycles. The van der Waals surface area contributed by atoms with Gasteiger partial charge in [0.05, 0.1) is 11.1 Å². The van der Waals surface area contributed by atoms with Gasteiger partial charge in [0, 0.05) is 12.1 Å². The number of anilines is 1. The van der Waals surface area contributed by atoms with Crippen LogP contribution in [0.15, 0.2) is 48.5 Å². The second-order valence-electron chi connectivity index (χ2n) is 7.85. The number of amides is 4. The van der Waals surface area contributed by atoms with Crippen LogP contribution in [0, 0.1) is 0 Å². The van der Waals surface area contributed by atoms with E-state index < -0.39 is 48.4 Å². The van der Waals surface area contributed by atoms with Crippen molar-refractivity contribution in [2.75, 3.05) is 12.5 Å². The smallest absolute Gasteiger partial charge is 0.324 e. The van der Waals surface area contributed by atoms with Gasteiger partial charge in [-0.1, -0.05) is 36.4 Å². The Kier molecular flexibility index (Phi) is 5.93. The lowest BCUT2D eigenvalue weighted by molar-refractivity contribution is -0.164. The number of esters is 1. The predicted molar refractivity (Wildman–Crippen MR) is 115 cm³/mol. The molecule has 2 heterocycles. The molecule has 4 rings (SSSR count). The number of fused-ring (bicyclic) bond motifs is 1. The van der Waals surface area contributed by atoms with Gasteiger partial charge in [0.25, 0.3) is 17.7 Å². The van der Waals surface area contributed by atoms with E-state index in [-0.39, 0.29) is 36.1 Å². The largest absolute Gasteiger partial charge is 0.443 e. The Bertz CT molecular complexity index is 1150. The predicted octanol–water partition coefficient (Wildman–Crippen LogP) is 0.453. The first-order chi connectivity index (χ1) is 15.8. The minimum Gasteiger partial charge on any atom is -0.443 e. The summed E-state index contributed by atoms with van der Waals surface area (Å²) in [5.41, 5.74) is 12.8. The van der Waals surface area contributed by atoms with E-state index in [0.717, 1.165) is 15.4 Å². The molecule has 170 valence electrons. The average Bonchev–Trinajstić information content (AvgIpc) is 3.05. The molecule has 0 spiro atoms. The number of benzene rings is 2. The van der Waals surface area contributed by atoms with E-state index in [4.69, 9.17) is 16.2 Å². The second-order valence-corrected chi connectivity index (χ2v) is 7.85. The molecule has 2 atom stereocenters. The molecular weight excluding hydrogens is 428 g/mol. The summed E-state index contributed by atoms with van der Waals surface area (Å²) in [6.07, 6.45) is 0.0918. The van der Waals surface area contributed by atoms with Crippen molar-refractivity contribution in [1.29, 1.82) is 0 Å². The summed E-state index contributed by atoms with van der Waals surface area (Å²) in [5.74, 6) is -3.50. The zero-order valence-corrected chi connectivity index (χ0v) is 17.6. The maximum absolute atomic E-state index is 13.0. The number of hydrogen-bond acceptors (Lipinski definition) is 8. The third kappa shape index (κ3) is 4.08. The van der Waals surface area contributed by atoms with Crippen LogP contribution in [-0.2, 0) is 25.5 Å². The third-order valence-corrected chi connectivity index (χ3v) is 5.71. The molecule has 2 aromatic rings. The van der Waals surface area contributed by atoms with Crippen LogP contribution in [-0.4, -0.2) is 58.2 Å². The van der Waals surface area contributed by atoms with Crippen molar-refractivity contribution in [3.8, 4) is 0 Å². The molecule has 0 aliphatic carbocycles. The molecule has 0 radical (unpaired) electrons. The van der Waals surface area contributed by atoms with Crippen molar-refractivity contribution in [3.63, 3.8) is 0 Å². The van der Waals surface area contributed by atoms with Crippen LogP contribution in [0.25, 0.3) is 0 Å². The number of hydrogen-bond donors (Lipinski definition) is 2. The number of nitrogens with two attached hydrogens (primary N) is 2. The number of rotatable bonds is 6. The number of piperidine rings is 1. The topological polar surface area (TPSA) is 153 Å². The molecule has 0 bridgehead atoms. The molecule has 0 saturated carbocycles. The summed E-state index contributed by atoms with van der Waals surface area (Å²) < 4.78 is 5.11. The van der Waals surface area contributed by atoms with Crippen molar-refractivity contribution in [2.24, 2.45) is 5.73 Å². The summed E-state index contributed by atoms with van der Waals surface area (Å²) in [6.45, 7) is -0.652. The van der Waals surface area contributed by atoms with Crippen LogP contribution in [0.1, 0.15) is 39.1 Å². The molecule has 2 aliphatic heterocycles. The van der Waals surface area contributed by atoms with Crippen LogP contribution < -0.4 is 11.5 Å². The maximum Gasteiger partial charge on any atom is 0.324 e. The van der Waals surface area contributed by atoms with Gasteiger partial charge in [0.2, 0.25) is 5.91 Å². The van der Waals surface area contributed by atoms with Gasteiger partial charge in [0.1, 0.15) is 12.1 Å². The molecule has 0 aromatic heterocycles. The molecule has 2 aliphatic rings. The Balaban J connectivity index is 1.44. The van der Waals surface area contributed by atoms with Gasteiger partial charge < -0.3 is 16.2 Å². The normalized spacial score (nSPS) is 19.0. The molecule has 10 heteroatoms. The molecule has 33 heavy (non-hydrogen) atoms. The molecule has 1 fully saturated rings. The van der Waals surface area contributed by atoms with E-state index in [0.29, 0.717) is 0 Å². The Labute approximate surface area is 189 Å². The van der Waals surface area contributed by atoms with Gasteiger partial charge in [0.15, 0.2) is 6.73 Å². The highest BCUT2D eigenvalue weighted by molar-refractivity contribution is 6.25. The first-order valence-electron chi connectivity index (χ1n) is 10.4. The van der Waals surface area contributed by atoms with Gasteiger partial charge in [-0.2, -0.15) is 0 Å². The molecular formula is C23H22N4O6. The lowest BCUT2D eigenvalue weighted by atomic mass is 10.0. The molecule has 4 N–H and O–H groups in total. The highest BCUT2D eigenvalue weighted by atomic mass is 16.5. The van der Waals surface area contributed by atoms with Crippen molar-refractivity contribution in [1.82, 2.24) is 9.80 Å². The van der Waals surface area contributed by atoms with Crippen LogP contribution in [0.4, 0.5) is 5.69 Å². The monoisotopic (exact) mass is 450 g/mol. The van der Waals surface area contributed by atoms with E-state index in [1.165, 1.54) is 12.1 Å². The molecule has 2 aromatic carbocycles. The summed E-state index contributed by atoms with van der Waals surface area (Å²) in [7, 11) is 0. The fraction of sp³-hybridized carbons (Fsp3) is 0.261. The lowest BCUT2D eigenvalue weighted by Crippen LogP contribution is -2.56. The zero-order chi connectivity index (χ0) is 23.7. The second kappa shape index (κ2) is 8.83. The summed E-state index contributed by atoms with van der Waals surface area (Å²) in [4.78, 5) is 64.9. The van der Waals surface area contributed by atoms with Crippen molar-refractivity contribution < 1.29 is 28.7 Å². The molecule has 4 amide bonds. The standard InChI is InChI=1S/C23H22N4O6/c24-15-8-4-7-14-19(15)22(31)27(20(14)29)17-9-10-18(28)26(21(17)30)12-33-23(32)16(25)11-13-5-2-1-3-6-13/h1-8,16-17H,9-12,24-25H2/t16-,17?/m0/s1. The minimum atomic E-state index is -1.20. The number of nitrogens with zero attached hydrogens (tertiary/aromatic N) is 2. The number of carbonyl (C=O) groups excluding carboxylic acids is 5. The first kappa shape index (κ1) is 22.2. The summed E-state index contributed by atoms with van der Waals surface area (Å²) >= 11 is 0. The third-order valence-electron chi connectivity index (χ3n) is 5.71. The Morgan fingerprint density at radius 3 is 2.45 bits per heavy atom. The van der Waals surface area contributed by atoms with E-state index in [1.54, 1.807) is 6.07 Å². The van der Waals surface area contributed by atoms with Gasteiger partial charge in [-0.25, -0.2) is 4.90 Å². The van der Waals surface area contributed by atoms with Crippen molar-refractivity contribution >= 4 is 35.3 Å². The number of imide groups is 2. The fourth-order valence-corrected chi connectivity index (χ4v) is 4.00. The van der Waals surface area contributed by atoms with Crippen molar-refractivity contribution in [2.45, 2.75) is 31.3 Å². The van der Waals surface area contributed by atoms with E-state index in [2.05, 4.69) is 0 Å². The highest BCUT2D eigenvalue weighted by Gasteiger charge is 2.47. The van der Waals surface area contributed by atoms with Crippen LogP contribution in [0.5, 0.6) is 0 Å². The minimum absolute atomic E-state index is 0.0268. The SMILES string of the molecule is Nc1cccc2c1C(=O)N(C1CCC(=O)N(COC(=O)[C@@H](N)Cc3ccccc3)C1=O)C2=O.